The van der Waals surface area contributed by atoms with Crippen LogP contribution < -0.4 is 15.5 Å². The zero-order chi connectivity index (χ0) is 16.7. The standard InChI is InChI=1S/C17H29N5S.HI/c1-5-18-17(21-14-6-7-15(11-14)23-4)20-12-13-8-9-19-16(10-13)22(2)3;/h8-10,14-15H,5-7,11-12H2,1-4H3,(H2,18,20,21);1H. The molecule has 24 heavy (non-hydrogen) atoms. The molecule has 5 nitrogen and oxygen atoms in total. The highest BCUT2D eigenvalue weighted by molar-refractivity contribution is 14.0. The lowest BCUT2D eigenvalue weighted by Crippen LogP contribution is -2.42. The molecule has 0 bridgehead atoms. The number of thioether (sulfide) groups is 1. The average Bonchev–Trinajstić information content (AvgIpc) is 3.01. The molecule has 2 rings (SSSR count). The summed E-state index contributed by atoms with van der Waals surface area (Å²) in [6.45, 7) is 3.65. The first kappa shape index (κ1) is 21.3. The first-order valence-electron chi connectivity index (χ1n) is 8.32. The van der Waals surface area contributed by atoms with Crippen LogP contribution in [0.4, 0.5) is 5.82 Å². The highest BCUT2D eigenvalue weighted by Crippen LogP contribution is 2.28. The Morgan fingerprint density at radius 3 is 2.83 bits per heavy atom. The maximum Gasteiger partial charge on any atom is 0.191 e. The number of pyridine rings is 1. The molecule has 0 aliphatic heterocycles. The minimum Gasteiger partial charge on any atom is -0.363 e. The number of guanidine groups is 1. The van der Waals surface area contributed by atoms with Gasteiger partial charge in [-0.2, -0.15) is 11.8 Å². The summed E-state index contributed by atoms with van der Waals surface area (Å²) in [5.74, 6) is 1.89. The van der Waals surface area contributed by atoms with Crippen LogP contribution >= 0.6 is 35.7 Å². The van der Waals surface area contributed by atoms with Gasteiger partial charge in [-0.1, -0.05) is 0 Å². The monoisotopic (exact) mass is 463 g/mol. The smallest absolute Gasteiger partial charge is 0.191 e. The number of rotatable bonds is 6. The molecular formula is C17H30IN5S. The molecule has 0 saturated heterocycles. The molecule has 1 saturated carbocycles. The summed E-state index contributed by atoms with van der Waals surface area (Å²) < 4.78 is 0. The van der Waals surface area contributed by atoms with Crippen LogP contribution in [0, 0.1) is 0 Å². The Kier molecular flexibility index (Phi) is 9.80. The van der Waals surface area contributed by atoms with Crippen molar-refractivity contribution in [3.05, 3.63) is 23.9 Å². The summed E-state index contributed by atoms with van der Waals surface area (Å²) in [6, 6.07) is 4.66. The number of aromatic nitrogens is 1. The van der Waals surface area contributed by atoms with E-state index in [0.29, 0.717) is 12.6 Å². The molecule has 136 valence electrons. The number of hydrogen-bond acceptors (Lipinski definition) is 4. The van der Waals surface area contributed by atoms with Crippen molar-refractivity contribution in [2.75, 3.05) is 31.8 Å². The fraction of sp³-hybridized carbons (Fsp3) is 0.647. The normalized spacial score (nSPS) is 20.4. The lowest BCUT2D eigenvalue weighted by atomic mass is 10.2. The number of nitrogens with zero attached hydrogens (tertiary/aromatic N) is 3. The fourth-order valence-corrected chi connectivity index (χ4v) is 3.57. The van der Waals surface area contributed by atoms with E-state index in [0.717, 1.165) is 23.6 Å². The average molecular weight is 463 g/mol. The van der Waals surface area contributed by atoms with Crippen molar-refractivity contribution in [2.24, 2.45) is 4.99 Å². The summed E-state index contributed by atoms with van der Waals surface area (Å²) in [5.41, 5.74) is 1.18. The summed E-state index contributed by atoms with van der Waals surface area (Å²) in [7, 11) is 4.01. The molecule has 1 aliphatic rings. The third kappa shape index (κ3) is 6.66. The van der Waals surface area contributed by atoms with Gasteiger partial charge < -0.3 is 15.5 Å². The highest BCUT2D eigenvalue weighted by Gasteiger charge is 2.24. The van der Waals surface area contributed by atoms with E-state index in [1.807, 2.05) is 43.0 Å². The Bertz CT molecular complexity index is 523. The zero-order valence-electron chi connectivity index (χ0n) is 15.1. The van der Waals surface area contributed by atoms with Gasteiger partial charge in [-0.25, -0.2) is 9.98 Å². The van der Waals surface area contributed by atoms with Crippen molar-refractivity contribution in [3.8, 4) is 0 Å². The van der Waals surface area contributed by atoms with Gasteiger partial charge in [0.25, 0.3) is 0 Å². The van der Waals surface area contributed by atoms with Crippen LogP contribution in [0.3, 0.4) is 0 Å². The summed E-state index contributed by atoms with van der Waals surface area (Å²) in [5, 5.41) is 7.73. The van der Waals surface area contributed by atoms with Crippen LogP contribution in [-0.4, -0.2) is 49.1 Å². The topological polar surface area (TPSA) is 52.6 Å². The van der Waals surface area contributed by atoms with Crippen LogP contribution in [0.25, 0.3) is 0 Å². The SMILES string of the molecule is CCNC(=NCc1ccnc(N(C)C)c1)NC1CCC(SC)C1.I. The number of aliphatic imine (C=N–C) groups is 1. The second kappa shape index (κ2) is 11.0. The first-order valence-corrected chi connectivity index (χ1v) is 9.61. The maximum absolute atomic E-state index is 4.74. The second-order valence-corrected chi connectivity index (χ2v) is 7.26. The molecule has 0 radical (unpaired) electrons. The minimum absolute atomic E-state index is 0. The van der Waals surface area contributed by atoms with Crippen LogP contribution in [0.2, 0.25) is 0 Å². The molecule has 0 spiro atoms. The van der Waals surface area contributed by atoms with E-state index in [4.69, 9.17) is 4.99 Å². The van der Waals surface area contributed by atoms with Crippen molar-refractivity contribution in [3.63, 3.8) is 0 Å². The molecule has 1 aliphatic carbocycles. The summed E-state index contributed by atoms with van der Waals surface area (Å²) >= 11 is 1.98. The van der Waals surface area contributed by atoms with E-state index in [-0.39, 0.29) is 24.0 Å². The first-order chi connectivity index (χ1) is 11.1. The summed E-state index contributed by atoms with van der Waals surface area (Å²) in [6.07, 6.45) is 7.81. The van der Waals surface area contributed by atoms with Gasteiger partial charge in [-0.3, -0.25) is 0 Å². The Balaban J connectivity index is 0.00000288. The molecule has 7 heteroatoms. The molecule has 2 unspecified atom stereocenters. The van der Waals surface area contributed by atoms with E-state index < -0.39 is 0 Å². The van der Waals surface area contributed by atoms with Crippen molar-refractivity contribution >= 4 is 47.5 Å². The minimum atomic E-state index is 0. The predicted octanol–water partition coefficient (Wildman–Crippen LogP) is 3.10. The van der Waals surface area contributed by atoms with Crippen LogP contribution in [0.15, 0.2) is 23.3 Å². The lowest BCUT2D eigenvalue weighted by Gasteiger charge is -2.17. The molecule has 1 heterocycles. The van der Waals surface area contributed by atoms with Crippen molar-refractivity contribution in [1.82, 2.24) is 15.6 Å². The van der Waals surface area contributed by atoms with E-state index in [2.05, 4.69) is 34.9 Å². The van der Waals surface area contributed by atoms with Crippen LogP contribution in [0.5, 0.6) is 0 Å². The molecule has 1 fully saturated rings. The van der Waals surface area contributed by atoms with Gasteiger partial charge >= 0.3 is 0 Å². The second-order valence-electron chi connectivity index (χ2n) is 6.12. The largest absolute Gasteiger partial charge is 0.363 e. The van der Waals surface area contributed by atoms with E-state index in [1.54, 1.807) is 0 Å². The Hall–Kier alpha value is -0.700. The predicted molar refractivity (Wildman–Crippen MR) is 117 cm³/mol. The van der Waals surface area contributed by atoms with E-state index in [9.17, 15) is 0 Å². The van der Waals surface area contributed by atoms with Gasteiger partial charge in [0.15, 0.2) is 5.96 Å². The third-order valence-corrected chi connectivity index (χ3v) is 5.19. The van der Waals surface area contributed by atoms with Gasteiger partial charge in [-0.15, -0.1) is 24.0 Å². The molecule has 0 aromatic carbocycles. The number of halogens is 1. The van der Waals surface area contributed by atoms with Crippen molar-refractivity contribution in [1.29, 1.82) is 0 Å². The third-order valence-electron chi connectivity index (χ3n) is 4.09. The Morgan fingerprint density at radius 2 is 2.21 bits per heavy atom. The van der Waals surface area contributed by atoms with Gasteiger partial charge in [-0.05, 0) is 50.1 Å². The lowest BCUT2D eigenvalue weighted by molar-refractivity contribution is 0.615. The van der Waals surface area contributed by atoms with Crippen molar-refractivity contribution in [2.45, 2.75) is 44.0 Å². The summed E-state index contributed by atoms with van der Waals surface area (Å²) in [4.78, 5) is 11.1. The molecule has 2 atom stereocenters. The van der Waals surface area contributed by atoms with Gasteiger partial charge in [0.2, 0.25) is 0 Å². The zero-order valence-corrected chi connectivity index (χ0v) is 18.2. The van der Waals surface area contributed by atoms with Gasteiger partial charge in [0.1, 0.15) is 5.82 Å². The molecular weight excluding hydrogens is 433 g/mol. The fourth-order valence-electron chi connectivity index (χ4n) is 2.77. The van der Waals surface area contributed by atoms with E-state index >= 15 is 0 Å². The number of nitrogens with one attached hydrogen (secondary N) is 2. The van der Waals surface area contributed by atoms with Crippen LogP contribution in [-0.2, 0) is 6.54 Å². The Morgan fingerprint density at radius 1 is 1.42 bits per heavy atom. The van der Waals surface area contributed by atoms with Crippen LogP contribution in [0.1, 0.15) is 31.7 Å². The molecule has 2 N–H and O–H groups in total. The molecule has 1 aromatic rings. The number of anilines is 1. The number of hydrogen-bond donors (Lipinski definition) is 2. The quantitative estimate of drug-likeness (QED) is 0.386. The van der Waals surface area contributed by atoms with Crippen molar-refractivity contribution < 1.29 is 0 Å². The van der Waals surface area contributed by atoms with E-state index in [1.165, 1.54) is 24.8 Å². The molecule has 1 aromatic heterocycles. The Labute approximate surface area is 167 Å². The highest BCUT2D eigenvalue weighted by atomic mass is 127. The maximum atomic E-state index is 4.74. The molecule has 0 amide bonds. The van der Waals surface area contributed by atoms with Gasteiger partial charge in [0.05, 0.1) is 6.54 Å². The van der Waals surface area contributed by atoms with Gasteiger partial charge in [0, 0.05) is 38.1 Å².